The van der Waals surface area contributed by atoms with Gasteiger partial charge in [-0.15, -0.1) is 17.6 Å². The molecule has 3 aromatic rings. The second-order valence-corrected chi connectivity index (χ2v) is 3.75. The van der Waals surface area contributed by atoms with Crippen molar-refractivity contribution in [2.45, 2.75) is 0 Å². The summed E-state index contributed by atoms with van der Waals surface area (Å²) in [7, 11) is 0. The quantitative estimate of drug-likeness (QED) is 0.428. The zero-order valence-corrected chi connectivity index (χ0v) is 11.9. The fraction of sp³-hybridized carbons (Fsp3) is 0. The third-order valence-corrected chi connectivity index (χ3v) is 2.34. The first-order valence-corrected chi connectivity index (χ1v) is 5.90. The standard InChI is InChI=1S/C13H9.C5H5.V/c1-2-6-12(7-3-1)10-11-13-8-4-5-9-13;1-2-4-5-3-1;/h1-9H;1-5H;/q2*-1;+2. The summed E-state index contributed by atoms with van der Waals surface area (Å²) in [6, 6.07) is 28.0. The minimum Gasteiger partial charge on any atom is -0.214 e. The van der Waals surface area contributed by atoms with Crippen molar-refractivity contribution in [1.82, 2.24) is 0 Å². The molecule has 0 spiro atoms. The Morgan fingerprint density at radius 3 is 1.95 bits per heavy atom. The molecule has 0 saturated carbocycles. The van der Waals surface area contributed by atoms with Gasteiger partial charge in [-0.2, -0.15) is 42.3 Å². The molecule has 0 N–H and O–H groups in total. The number of rotatable bonds is 0. The van der Waals surface area contributed by atoms with Crippen LogP contribution in [0.15, 0.2) is 84.9 Å². The molecule has 91 valence electrons. The van der Waals surface area contributed by atoms with Crippen LogP contribution in [0.1, 0.15) is 11.1 Å². The van der Waals surface area contributed by atoms with Crippen molar-refractivity contribution in [3.8, 4) is 11.8 Å². The average molecular weight is 281 g/mol. The predicted molar refractivity (Wildman–Crippen MR) is 76.5 cm³/mol. The van der Waals surface area contributed by atoms with Gasteiger partial charge < -0.3 is 0 Å². The second-order valence-electron chi connectivity index (χ2n) is 3.75. The Bertz CT molecular complexity index is 561. The maximum Gasteiger partial charge on any atom is 2.00 e. The van der Waals surface area contributed by atoms with Gasteiger partial charge >= 0.3 is 18.6 Å². The fourth-order valence-electron chi connectivity index (χ4n) is 1.44. The summed E-state index contributed by atoms with van der Waals surface area (Å²) in [5, 5.41) is 0. The smallest absolute Gasteiger partial charge is 0.214 e. The monoisotopic (exact) mass is 281 g/mol. The van der Waals surface area contributed by atoms with E-state index in [1.54, 1.807) is 0 Å². The first-order valence-electron chi connectivity index (χ1n) is 5.90. The van der Waals surface area contributed by atoms with Crippen molar-refractivity contribution in [1.29, 1.82) is 0 Å². The zero-order chi connectivity index (χ0) is 12.5. The van der Waals surface area contributed by atoms with Crippen LogP contribution in [0.3, 0.4) is 0 Å². The third kappa shape index (κ3) is 5.97. The van der Waals surface area contributed by atoms with Gasteiger partial charge in [0, 0.05) is 5.56 Å². The molecule has 0 heterocycles. The van der Waals surface area contributed by atoms with E-state index < -0.39 is 0 Å². The summed E-state index contributed by atoms with van der Waals surface area (Å²) < 4.78 is 0. The SMILES string of the molecule is C(#Cc1ccc[cH-]1)c1ccccc1.[V+2].c1cc[cH-]c1. The van der Waals surface area contributed by atoms with Gasteiger partial charge in [0.05, 0.1) is 0 Å². The number of hydrogen-bond acceptors (Lipinski definition) is 0. The molecule has 0 aliphatic rings. The first kappa shape index (κ1) is 15.1. The van der Waals surface area contributed by atoms with Crippen LogP contribution in [0, 0.1) is 11.8 Å². The van der Waals surface area contributed by atoms with Crippen LogP contribution in [0.25, 0.3) is 0 Å². The molecule has 0 aliphatic heterocycles. The van der Waals surface area contributed by atoms with Crippen molar-refractivity contribution in [2.75, 3.05) is 0 Å². The van der Waals surface area contributed by atoms with Crippen molar-refractivity contribution >= 4 is 0 Å². The Kier molecular flexibility index (Phi) is 7.21. The summed E-state index contributed by atoms with van der Waals surface area (Å²) in [6.07, 6.45) is 0. The zero-order valence-electron chi connectivity index (χ0n) is 10.5. The molecule has 1 radical (unpaired) electrons. The second kappa shape index (κ2) is 9.06. The Hall–Kier alpha value is -1.94. The fourth-order valence-corrected chi connectivity index (χ4v) is 1.44. The number of benzene rings is 1. The Balaban J connectivity index is 0.000000256. The van der Waals surface area contributed by atoms with Gasteiger partial charge in [0.25, 0.3) is 0 Å². The topological polar surface area (TPSA) is 0 Å². The van der Waals surface area contributed by atoms with Gasteiger partial charge in [-0.1, -0.05) is 18.2 Å². The Labute approximate surface area is 126 Å². The van der Waals surface area contributed by atoms with Gasteiger partial charge in [-0.05, 0) is 12.1 Å². The summed E-state index contributed by atoms with van der Waals surface area (Å²) in [4.78, 5) is 0. The molecule has 0 fully saturated rings. The van der Waals surface area contributed by atoms with Crippen LogP contribution >= 0.6 is 0 Å². The van der Waals surface area contributed by atoms with E-state index in [4.69, 9.17) is 0 Å². The molecule has 0 atom stereocenters. The van der Waals surface area contributed by atoms with E-state index in [0.29, 0.717) is 0 Å². The molecule has 0 bridgehead atoms. The molecule has 0 saturated heterocycles. The van der Waals surface area contributed by atoms with Crippen molar-refractivity contribution < 1.29 is 18.6 Å². The maximum absolute atomic E-state index is 3.10. The van der Waals surface area contributed by atoms with Gasteiger partial charge in [-0.25, -0.2) is 12.1 Å². The number of hydrogen-bond donors (Lipinski definition) is 0. The largest absolute Gasteiger partial charge is 2.00 e. The molecular formula is C18H14V. The Morgan fingerprint density at radius 2 is 1.42 bits per heavy atom. The molecule has 0 aromatic heterocycles. The van der Waals surface area contributed by atoms with E-state index in [-0.39, 0.29) is 18.6 Å². The molecule has 0 amide bonds. The van der Waals surface area contributed by atoms with Crippen LogP contribution in [0.5, 0.6) is 0 Å². The summed E-state index contributed by atoms with van der Waals surface area (Å²) in [5.74, 6) is 6.19. The van der Waals surface area contributed by atoms with E-state index in [1.807, 2.05) is 84.9 Å². The van der Waals surface area contributed by atoms with Crippen LogP contribution in [-0.2, 0) is 18.6 Å². The van der Waals surface area contributed by atoms with Crippen LogP contribution in [-0.4, -0.2) is 0 Å². The molecule has 3 rings (SSSR count). The van der Waals surface area contributed by atoms with Gasteiger partial charge in [-0.3, -0.25) is 0 Å². The molecule has 0 aliphatic carbocycles. The average Bonchev–Trinajstić information content (AvgIpc) is 3.13. The summed E-state index contributed by atoms with van der Waals surface area (Å²) in [5.41, 5.74) is 2.13. The Morgan fingerprint density at radius 1 is 0.684 bits per heavy atom. The van der Waals surface area contributed by atoms with Crippen LogP contribution in [0.4, 0.5) is 0 Å². The summed E-state index contributed by atoms with van der Waals surface area (Å²) >= 11 is 0. The van der Waals surface area contributed by atoms with E-state index in [2.05, 4.69) is 11.8 Å². The van der Waals surface area contributed by atoms with Crippen molar-refractivity contribution in [3.63, 3.8) is 0 Å². The van der Waals surface area contributed by atoms with Crippen molar-refractivity contribution in [2.24, 2.45) is 0 Å². The molecule has 1 heteroatoms. The van der Waals surface area contributed by atoms with E-state index in [9.17, 15) is 0 Å². The normalized spacial score (nSPS) is 8.21. The van der Waals surface area contributed by atoms with Gasteiger partial charge in [0.1, 0.15) is 0 Å². The van der Waals surface area contributed by atoms with Gasteiger partial charge in [0.2, 0.25) is 0 Å². The molecule has 19 heavy (non-hydrogen) atoms. The minimum atomic E-state index is 0. The third-order valence-electron chi connectivity index (χ3n) is 2.34. The molecule has 0 unspecified atom stereocenters. The predicted octanol–water partition coefficient (Wildman–Crippen LogP) is 4.21. The van der Waals surface area contributed by atoms with Crippen molar-refractivity contribution in [3.05, 3.63) is 96.1 Å². The maximum atomic E-state index is 3.10. The van der Waals surface area contributed by atoms with Crippen LogP contribution < -0.4 is 0 Å². The molecule has 3 aromatic carbocycles. The van der Waals surface area contributed by atoms with E-state index >= 15 is 0 Å². The van der Waals surface area contributed by atoms with Crippen LogP contribution in [0.2, 0.25) is 0 Å². The van der Waals surface area contributed by atoms with Gasteiger partial charge in [0.15, 0.2) is 0 Å². The van der Waals surface area contributed by atoms with E-state index in [1.165, 1.54) is 0 Å². The molecular weight excluding hydrogens is 267 g/mol. The van der Waals surface area contributed by atoms with E-state index in [0.717, 1.165) is 11.1 Å². The summed E-state index contributed by atoms with van der Waals surface area (Å²) in [6.45, 7) is 0. The first-order chi connectivity index (χ1) is 8.95. The molecule has 0 nitrogen and oxygen atoms in total. The minimum absolute atomic E-state index is 0.